The van der Waals surface area contributed by atoms with Gasteiger partial charge >= 0.3 is 0 Å². The molecular weight excluding hydrogens is 272 g/mol. The van der Waals surface area contributed by atoms with Gasteiger partial charge in [-0.15, -0.1) is 0 Å². The third kappa shape index (κ3) is 2.27. The highest BCUT2D eigenvalue weighted by atomic mass is 16.2. The number of hydrogen-bond acceptors (Lipinski definition) is 2. The highest BCUT2D eigenvalue weighted by Gasteiger charge is 2.37. The smallest absolute Gasteiger partial charge is 0.245 e. The number of benzene rings is 2. The van der Waals surface area contributed by atoms with E-state index in [-0.39, 0.29) is 11.9 Å². The fourth-order valence-corrected chi connectivity index (χ4v) is 3.67. The number of fused-ring (bicyclic) bond motifs is 3. The molecule has 2 aromatic carbocycles. The van der Waals surface area contributed by atoms with Gasteiger partial charge in [0.25, 0.3) is 0 Å². The highest BCUT2D eigenvalue weighted by Crippen LogP contribution is 2.34. The van der Waals surface area contributed by atoms with Crippen LogP contribution >= 0.6 is 0 Å². The van der Waals surface area contributed by atoms with Crippen LogP contribution in [0.4, 0.5) is 5.69 Å². The number of carbonyl (C=O) groups excluding carboxylic acids is 1. The maximum absolute atomic E-state index is 13.0. The van der Waals surface area contributed by atoms with E-state index in [1.807, 2.05) is 23.1 Å². The summed E-state index contributed by atoms with van der Waals surface area (Å²) in [5, 5.41) is 0. The zero-order valence-electron chi connectivity index (χ0n) is 12.6. The van der Waals surface area contributed by atoms with Crippen molar-refractivity contribution in [3.8, 4) is 0 Å². The van der Waals surface area contributed by atoms with Crippen molar-refractivity contribution in [2.24, 2.45) is 0 Å². The maximum Gasteiger partial charge on any atom is 0.245 e. The first-order valence-electron chi connectivity index (χ1n) is 8.00. The molecule has 0 aliphatic carbocycles. The lowest BCUT2D eigenvalue weighted by molar-refractivity contribution is -0.133. The van der Waals surface area contributed by atoms with Gasteiger partial charge in [-0.2, -0.15) is 0 Å². The molecule has 0 radical (unpaired) electrons. The molecule has 1 saturated heterocycles. The van der Waals surface area contributed by atoms with Crippen molar-refractivity contribution < 1.29 is 4.79 Å². The van der Waals surface area contributed by atoms with Crippen LogP contribution in [0.2, 0.25) is 0 Å². The summed E-state index contributed by atoms with van der Waals surface area (Å²) in [4.78, 5) is 17.3. The Bertz CT molecular complexity index is 683. The van der Waals surface area contributed by atoms with E-state index in [0.717, 1.165) is 19.4 Å². The molecule has 1 fully saturated rings. The van der Waals surface area contributed by atoms with Crippen LogP contribution in [0.3, 0.4) is 0 Å². The minimum absolute atomic E-state index is 0.0207. The van der Waals surface area contributed by atoms with Crippen LogP contribution in [-0.2, 0) is 17.9 Å². The van der Waals surface area contributed by atoms with E-state index in [0.29, 0.717) is 13.1 Å². The molecule has 3 heteroatoms. The Labute approximate surface area is 131 Å². The van der Waals surface area contributed by atoms with Crippen LogP contribution < -0.4 is 4.90 Å². The largest absolute Gasteiger partial charge is 0.359 e. The second-order valence-electron chi connectivity index (χ2n) is 6.16. The third-order valence-corrected chi connectivity index (χ3v) is 4.73. The van der Waals surface area contributed by atoms with Gasteiger partial charge in [0.15, 0.2) is 0 Å². The molecular formula is C19H20N2O. The highest BCUT2D eigenvalue weighted by molar-refractivity contribution is 5.87. The molecule has 0 aromatic heterocycles. The van der Waals surface area contributed by atoms with E-state index in [2.05, 4.69) is 41.3 Å². The monoisotopic (exact) mass is 292 g/mol. The number of hydrogen-bond donors (Lipinski definition) is 0. The van der Waals surface area contributed by atoms with E-state index in [1.165, 1.54) is 16.8 Å². The van der Waals surface area contributed by atoms with E-state index < -0.39 is 0 Å². The van der Waals surface area contributed by atoms with Gasteiger partial charge < -0.3 is 9.80 Å². The van der Waals surface area contributed by atoms with Crippen molar-refractivity contribution >= 4 is 11.6 Å². The minimum Gasteiger partial charge on any atom is -0.359 e. The SMILES string of the molecule is O=C1[C@@H]2CCCN2c2ccccc2CN1Cc1ccccc1. The summed E-state index contributed by atoms with van der Waals surface area (Å²) in [6.07, 6.45) is 2.07. The number of anilines is 1. The minimum atomic E-state index is 0.0207. The molecule has 0 spiro atoms. The van der Waals surface area contributed by atoms with Crippen molar-refractivity contribution in [1.82, 2.24) is 4.90 Å². The van der Waals surface area contributed by atoms with E-state index in [4.69, 9.17) is 0 Å². The lowest BCUT2D eigenvalue weighted by atomic mass is 10.1. The molecule has 2 aliphatic heterocycles. The van der Waals surface area contributed by atoms with Crippen molar-refractivity contribution in [1.29, 1.82) is 0 Å². The predicted molar refractivity (Wildman–Crippen MR) is 87.5 cm³/mol. The Morgan fingerprint density at radius 3 is 2.64 bits per heavy atom. The third-order valence-electron chi connectivity index (χ3n) is 4.73. The number of nitrogens with zero attached hydrogens (tertiary/aromatic N) is 2. The molecule has 0 bridgehead atoms. The number of para-hydroxylation sites is 1. The molecule has 4 rings (SSSR count). The van der Waals surface area contributed by atoms with Gasteiger partial charge in [0.05, 0.1) is 0 Å². The van der Waals surface area contributed by atoms with Gasteiger partial charge in [-0.1, -0.05) is 48.5 Å². The molecule has 2 aromatic rings. The fraction of sp³-hybridized carbons (Fsp3) is 0.316. The normalized spacial score (nSPS) is 20.5. The lowest BCUT2D eigenvalue weighted by Gasteiger charge is -2.26. The standard InChI is InChI=1S/C19H20N2O/c22-19-18-11-6-12-21(18)17-10-5-4-9-16(17)14-20(19)13-15-7-2-1-3-8-15/h1-5,7-10,18H,6,11-14H2/t18-/m0/s1. The first-order valence-corrected chi connectivity index (χ1v) is 8.00. The molecule has 1 amide bonds. The van der Waals surface area contributed by atoms with E-state index in [1.54, 1.807) is 0 Å². The van der Waals surface area contributed by atoms with Crippen LogP contribution in [-0.4, -0.2) is 23.4 Å². The van der Waals surface area contributed by atoms with Crippen LogP contribution in [0.1, 0.15) is 24.0 Å². The van der Waals surface area contributed by atoms with Gasteiger partial charge in [0.1, 0.15) is 6.04 Å². The maximum atomic E-state index is 13.0. The quantitative estimate of drug-likeness (QED) is 0.848. The lowest BCUT2D eigenvalue weighted by Crippen LogP contribution is -2.42. The Hall–Kier alpha value is -2.29. The molecule has 0 N–H and O–H groups in total. The van der Waals surface area contributed by atoms with Gasteiger partial charge in [-0.05, 0) is 30.0 Å². The van der Waals surface area contributed by atoms with Gasteiger partial charge in [0, 0.05) is 25.3 Å². The molecule has 2 heterocycles. The first kappa shape index (κ1) is 13.4. The molecule has 112 valence electrons. The van der Waals surface area contributed by atoms with Gasteiger partial charge in [-0.25, -0.2) is 0 Å². The number of carbonyl (C=O) groups is 1. The van der Waals surface area contributed by atoms with E-state index in [9.17, 15) is 4.79 Å². The fourth-order valence-electron chi connectivity index (χ4n) is 3.67. The molecule has 3 nitrogen and oxygen atoms in total. The van der Waals surface area contributed by atoms with E-state index >= 15 is 0 Å². The van der Waals surface area contributed by atoms with Crippen LogP contribution in [0.5, 0.6) is 0 Å². The second kappa shape index (κ2) is 5.48. The van der Waals surface area contributed by atoms with Gasteiger partial charge in [0.2, 0.25) is 5.91 Å². The summed E-state index contributed by atoms with van der Waals surface area (Å²) in [6.45, 7) is 2.39. The van der Waals surface area contributed by atoms with Crippen LogP contribution in [0, 0.1) is 0 Å². The topological polar surface area (TPSA) is 23.6 Å². The van der Waals surface area contributed by atoms with Crippen LogP contribution in [0.15, 0.2) is 54.6 Å². The van der Waals surface area contributed by atoms with Crippen molar-refractivity contribution in [3.63, 3.8) is 0 Å². The summed E-state index contributed by atoms with van der Waals surface area (Å²) >= 11 is 0. The average Bonchev–Trinajstić information content (AvgIpc) is 3.01. The second-order valence-corrected chi connectivity index (χ2v) is 6.16. The molecule has 2 aliphatic rings. The molecule has 0 unspecified atom stereocenters. The average molecular weight is 292 g/mol. The number of amides is 1. The van der Waals surface area contributed by atoms with Crippen molar-refractivity contribution in [2.45, 2.75) is 32.0 Å². The summed E-state index contributed by atoms with van der Waals surface area (Å²) < 4.78 is 0. The summed E-state index contributed by atoms with van der Waals surface area (Å²) in [5.74, 6) is 0.276. The van der Waals surface area contributed by atoms with Gasteiger partial charge in [-0.3, -0.25) is 4.79 Å². The Balaban J connectivity index is 1.70. The summed E-state index contributed by atoms with van der Waals surface area (Å²) in [5.41, 5.74) is 3.70. The Kier molecular flexibility index (Phi) is 3.34. The Morgan fingerprint density at radius 1 is 1.00 bits per heavy atom. The zero-order chi connectivity index (χ0) is 14.9. The Morgan fingerprint density at radius 2 is 1.77 bits per heavy atom. The first-order chi connectivity index (χ1) is 10.8. The summed E-state index contributed by atoms with van der Waals surface area (Å²) in [6, 6.07) is 18.8. The van der Waals surface area contributed by atoms with Crippen LogP contribution in [0.25, 0.3) is 0 Å². The number of rotatable bonds is 2. The van der Waals surface area contributed by atoms with Crippen molar-refractivity contribution in [3.05, 3.63) is 65.7 Å². The van der Waals surface area contributed by atoms with Crippen molar-refractivity contribution in [2.75, 3.05) is 11.4 Å². The predicted octanol–water partition coefficient (Wildman–Crippen LogP) is 3.20. The zero-order valence-corrected chi connectivity index (χ0v) is 12.6. The molecule has 22 heavy (non-hydrogen) atoms. The molecule has 1 atom stereocenters. The summed E-state index contributed by atoms with van der Waals surface area (Å²) in [7, 11) is 0. The molecule has 0 saturated carbocycles.